The molecule has 146 valence electrons. The van der Waals surface area contributed by atoms with Crippen LogP contribution in [0.2, 0.25) is 0 Å². The summed E-state index contributed by atoms with van der Waals surface area (Å²) in [6.45, 7) is -0.118. The number of carbonyl (C=O) groups excluding carboxylic acids is 1. The number of nitrogens with two attached hydrogens (primary N) is 1. The third kappa shape index (κ3) is 3.93. The van der Waals surface area contributed by atoms with Gasteiger partial charge in [-0.15, -0.1) is 11.3 Å². The molecule has 2 N–H and O–H groups in total. The van der Waals surface area contributed by atoms with E-state index in [9.17, 15) is 4.79 Å². The maximum absolute atomic E-state index is 10.8. The summed E-state index contributed by atoms with van der Waals surface area (Å²) in [5, 5.41) is 2.10. The van der Waals surface area contributed by atoms with Crippen LogP contribution in [0, 0.1) is 0 Å². The van der Waals surface area contributed by atoms with Crippen molar-refractivity contribution in [1.82, 2.24) is 4.57 Å². The lowest BCUT2D eigenvalue weighted by atomic mass is 10.1. The summed E-state index contributed by atoms with van der Waals surface area (Å²) in [5.74, 6) is 0.137. The van der Waals surface area contributed by atoms with Gasteiger partial charge in [-0.05, 0) is 47.8 Å². The Bertz CT molecular complexity index is 1130. The highest BCUT2D eigenvalue weighted by Gasteiger charge is 2.21. The molecule has 5 nitrogen and oxygen atoms in total. The van der Waals surface area contributed by atoms with E-state index in [4.69, 9.17) is 10.5 Å². The van der Waals surface area contributed by atoms with Crippen molar-refractivity contribution in [3.05, 3.63) is 83.0 Å². The second-order valence-electron chi connectivity index (χ2n) is 6.81. The number of likely N-dealkylation sites (N-methyl/N-ethyl adjacent to an activating group) is 1. The number of thiophene rings is 1. The van der Waals surface area contributed by atoms with Crippen LogP contribution in [0.5, 0.6) is 5.75 Å². The Hall–Kier alpha value is -3.38. The molecule has 0 radical (unpaired) electrons. The average Bonchev–Trinajstić information content (AvgIpc) is 3.44. The van der Waals surface area contributed by atoms with Gasteiger partial charge in [0.25, 0.3) is 5.91 Å². The van der Waals surface area contributed by atoms with E-state index in [2.05, 4.69) is 71.1 Å². The van der Waals surface area contributed by atoms with Crippen molar-refractivity contribution in [2.45, 2.75) is 0 Å². The smallest absolute Gasteiger partial charge is 0.255 e. The minimum absolute atomic E-state index is 0.118. The number of primary amides is 1. The number of rotatable bonds is 6. The lowest BCUT2D eigenvalue weighted by Crippen LogP contribution is -2.20. The first-order chi connectivity index (χ1) is 14.0. The number of hydrogen-bond donors (Lipinski definition) is 1. The molecule has 0 saturated carbocycles. The van der Waals surface area contributed by atoms with Gasteiger partial charge in [-0.25, -0.2) is 0 Å². The van der Waals surface area contributed by atoms with Gasteiger partial charge < -0.3 is 15.0 Å². The lowest BCUT2D eigenvalue weighted by molar-refractivity contribution is -0.432. The molecule has 0 bridgehead atoms. The Labute approximate surface area is 173 Å². The normalized spacial score (nSPS) is 14.8. The molecule has 0 fully saturated rings. The molecule has 1 aromatic carbocycles. The van der Waals surface area contributed by atoms with Gasteiger partial charge in [-0.1, -0.05) is 6.07 Å². The molecule has 1 aliphatic rings. The van der Waals surface area contributed by atoms with Crippen LogP contribution in [0.1, 0.15) is 11.3 Å². The molecular formula is C23H22N3O2S+. The van der Waals surface area contributed by atoms with Gasteiger partial charge in [-0.2, -0.15) is 4.58 Å². The zero-order valence-corrected chi connectivity index (χ0v) is 17.1. The van der Waals surface area contributed by atoms with Crippen LogP contribution in [0.3, 0.4) is 0 Å². The van der Waals surface area contributed by atoms with Crippen molar-refractivity contribution >= 4 is 29.0 Å². The van der Waals surface area contributed by atoms with Crippen LogP contribution in [0.15, 0.2) is 71.8 Å². The maximum atomic E-state index is 10.8. The van der Waals surface area contributed by atoms with Gasteiger partial charge in [0.1, 0.15) is 12.8 Å². The quantitative estimate of drug-likeness (QED) is 0.638. The van der Waals surface area contributed by atoms with E-state index in [1.165, 1.54) is 10.6 Å². The van der Waals surface area contributed by atoms with Crippen LogP contribution >= 0.6 is 11.3 Å². The number of hydrogen-bond acceptors (Lipinski definition) is 3. The first kappa shape index (κ1) is 19.0. The highest BCUT2D eigenvalue weighted by atomic mass is 32.1. The van der Waals surface area contributed by atoms with Crippen molar-refractivity contribution < 1.29 is 14.1 Å². The molecule has 3 aromatic rings. The summed E-state index contributed by atoms with van der Waals surface area (Å²) >= 11 is 1.74. The predicted molar refractivity (Wildman–Crippen MR) is 117 cm³/mol. The fraction of sp³-hybridized carbons (Fsp3) is 0.130. The molecule has 1 aliphatic heterocycles. The highest BCUT2D eigenvalue weighted by molar-refractivity contribution is 7.13. The van der Waals surface area contributed by atoms with Gasteiger partial charge in [-0.3, -0.25) is 4.79 Å². The second kappa shape index (κ2) is 7.93. The molecule has 0 saturated heterocycles. The molecule has 0 unspecified atom stereocenters. The first-order valence-electron chi connectivity index (χ1n) is 9.24. The van der Waals surface area contributed by atoms with Crippen molar-refractivity contribution in [1.29, 1.82) is 0 Å². The van der Waals surface area contributed by atoms with E-state index < -0.39 is 5.91 Å². The topological polar surface area (TPSA) is 60.3 Å². The lowest BCUT2D eigenvalue weighted by Gasteiger charge is -2.05. The van der Waals surface area contributed by atoms with Crippen LogP contribution in [0.4, 0.5) is 0 Å². The van der Waals surface area contributed by atoms with Crippen LogP contribution in [-0.2, 0) is 11.8 Å². The number of carbonyl (C=O) groups is 1. The van der Waals surface area contributed by atoms with E-state index in [0.29, 0.717) is 5.75 Å². The summed E-state index contributed by atoms with van der Waals surface area (Å²) in [6, 6.07) is 16.2. The number of aromatic nitrogens is 1. The van der Waals surface area contributed by atoms with Crippen molar-refractivity contribution in [3.63, 3.8) is 0 Å². The van der Waals surface area contributed by atoms with E-state index >= 15 is 0 Å². The Morgan fingerprint density at radius 1 is 1.17 bits per heavy atom. The van der Waals surface area contributed by atoms with Gasteiger partial charge in [0.2, 0.25) is 11.4 Å². The fourth-order valence-corrected chi connectivity index (χ4v) is 4.12. The summed E-state index contributed by atoms with van der Waals surface area (Å²) in [7, 11) is 4.15. The minimum Gasteiger partial charge on any atom is -0.484 e. The number of amides is 1. The number of ether oxygens (including phenoxy) is 1. The Morgan fingerprint density at radius 3 is 2.66 bits per heavy atom. The molecule has 0 aliphatic carbocycles. The molecular weight excluding hydrogens is 382 g/mol. The molecule has 29 heavy (non-hydrogen) atoms. The number of nitrogens with zero attached hydrogens (tertiary/aromatic N) is 2. The summed E-state index contributed by atoms with van der Waals surface area (Å²) < 4.78 is 9.70. The van der Waals surface area contributed by atoms with Gasteiger partial charge in [0.15, 0.2) is 6.61 Å². The van der Waals surface area contributed by atoms with Gasteiger partial charge >= 0.3 is 0 Å². The molecule has 6 heteroatoms. The number of allylic oxidation sites excluding steroid dienone is 2. The third-order valence-corrected chi connectivity index (χ3v) is 5.81. The Balaban J connectivity index is 1.57. The van der Waals surface area contributed by atoms with E-state index in [-0.39, 0.29) is 6.61 Å². The Kier molecular flexibility index (Phi) is 5.18. The van der Waals surface area contributed by atoms with E-state index in [1.807, 2.05) is 24.3 Å². The zero-order chi connectivity index (χ0) is 20.4. The van der Waals surface area contributed by atoms with Crippen molar-refractivity contribution in [2.24, 2.45) is 12.8 Å². The van der Waals surface area contributed by atoms with Crippen molar-refractivity contribution in [3.8, 4) is 16.3 Å². The predicted octanol–water partition coefficient (Wildman–Crippen LogP) is 3.66. The maximum Gasteiger partial charge on any atom is 0.255 e. The average molecular weight is 405 g/mol. The van der Waals surface area contributed by atoms with Crippen LogP contribution in [0.25, 0.3) is 16.6 Å². The Morgan fingerprint density at radius 2 is 1.97 bits per heavy atom. The minimum atomic E-state index is -0.486. The zero-order valence-electron chi connectivity index (χ0n) is 16.3. The largest absolute Gasteiger partial charge is 0.484 e. The third-order valence-electron chi connectivity index (χ3n) is 4.92. The standard InChI is InChI=1S/C23H21N3O2S/c1-25-17(14-18-8-12-21(26(18)2)22-4-3-13-29-22)7-11-20(25)16-5-9-19(10-6-16)28-15-23(24)27/h3-14H,15H2,1-2H3,(H-,24,27)/p+1. The molecule has 1 amide bonds. The summed E-state index contributed by atoms with van der Waals surface area (Å²) in [6.07, 6.45) is 6.41. The molecule has 0 spiro atoms. The first-order valence-corrected chi connectivity index (χ1v) is 10.1. The van der Waals surface area contributed by atoms with Crippen molar-refractivity contribution in [2.75, 3.05) is 13.7 Å². The van der Waals surface area contributed by atoms with Gasteiger partial charge in [0.05, 0.1) is 10.6 Å². The molecule has 2 aromatic heterocycles. The molecule has 3 heterocycles. The van der Waals surface area contributed by atoms with Crippen LogP contribution < -0.4 is 10.5 Å². The molecule has 0 atom stereocenters. The second-order valence-corrected chi connectivity index (χ2v) is 7.75. The summed E-state index contributed by atoms with van der Waals surface area (Å²) in [5.41, 5.74) is 10.8. The highest BCUT2D eigenvalue weighted by Crippen LogP contribution is 2.27. The number of benzene rings is 1. The van der Waals surface area contributed by atoms with Gasteiger partial charge in [0, 0.05) is 36.5 Å². The molecule has 4 rings (SSSR count). The van der Waals surface area contributed by atoms with Crippen LogP contribution in [-0.4, -0.2) is 34.4 Å². The fourth-order valence-electron chi connectivity index (χ4n) is 3.33. The summed E-state index contributed by atoms with van der Waals surface area (Å²) in [4.78, 5) is 12.1. The van der Waals surface area contributed by atoms with E-state index in [1.54, 1.807) is 11.3 Å². The monoisotopic (exact) mass is 404 g/mol. The van der Waals surface area contributed by atoms with E-state index in [0.717, 1.165) is 22.7 Å². The SMILES string of the molecule is Cn1c(/C=C2/C=CC(c3ccc(OCC(N)=O)cc3)=[N+]2C)ccc1-c1cccs1.